The van der Waals surface area contributed by atoms with Crippen molar-refractivity contribution >= 4 is 12.3 Å². The Morgan fingerprint density at radius 3 is 2.43 bits per heavy atom. The molecule has 0 aliphatic heterocycles. The number of methoxy groups -OCH3 is 1. The first kappa shape index (κ1) is 23.2. The lowest BCUT2D eigenvalue weighted by Crippen LogP contribution is -2.12. The molecule has 2 aromatic carbocycles. The van der Waals surface area contributed by atoms with Crippen LogP contribution in [0, 0.1) is 12.8 Å². The second-order valence-electron chi connectivity index (χ2n) is 7.36. The SMILES string of the molecule is CCO[C@@H](CC(C)C)c1ccc(Oc2c(O)cc(C)cc2C=O)c(C(=O)O)c1OC. The summed E-state index contributed by atoms with van der Waals surface area (Å²) >= 11 is 0. The van der Waals surface area contributed by atoms with E-state index in [0.29, 0.717) is 36.4 Å². The first-order chi connectivity index (χ1) is 14.2. The van der Waals surface area contributed by atoms with Crippen molar-refractivity contribution in [3.8, 4) is 23.0 Å². The molecule has 0 aliphatic carbocycles. The van der Waals surface area contributed by atoms with Crippen LogP contribution in [0.15, 0.2) is 24.3 Å². The number of carboxylic acid groups (broad SMARTS) is 1. The topological polar surface area (TPSA) is 102 Å². The van der Waals surface area contributed by atoms with Gasteiger partial charge in [-0.15, -0.1) is 0 Å². The summed E-state index contributed by atoms with van der Waals surface area (Å²) in [4.78, 5) is 23.5. The van der Waals surface area contributed by atoms with E-state index in [1.54, 1.807) is 19.1 Å². The summed E-state index contributed by atoms with van der Waals surface area (Å²) in [5, 5.41) is 20.1. The minimum atomic E-state index is -1.26. The third kappa shape index (κ3) is 5.10. The van der Waals surface area contributed by atoms with Gasteiger partial charge in [0.25, 0.3) is 0 Å². The number of aromatic hydroxyl groups is 1. The Morgan fingerprint density at radius 1 is 1.20 bits per heavy atom. The summed E-state index contributed by atoms with van der Waals surface area (Å²) in [6, 6.07) is 6.15. The normalized spacial score (nSPS) is 11.9. The molecule has 0 fully saturated rings. The third-order valence-electron chi connectivity index (χ3n) is 4.55. The maximum Gasteiger partial charge on any atom is 0.343 e. The fraction of sp³-hybridized carbons (Fsp3) is 0.391. The molecule has 0 heterocycles. The molecular formula is C23H28O7. The molecule has 0 radical (unpaired) electrons. The van der Waals surface area contributed by atoms with Gasteiger partial charge in [-0.3, -0.25) is 4.79 Å². The number of phenols is 1. The van der Waals surface area contributed by atoms with Crippen molar-refractivity contribution < 1.29 is 34.0 Å². The van der Waals surface area contributed by atoms with Crippen LogP contribution in [0.2, 0.25) is 0 Å². The largest absolute Gasteiger partial charge is 0.504 e. The van der Waals surface area contributed by atoms with Gasteiger partial charge in [-0.05, 0) is 56.0 Å². The average Bonchev–Trinajstić information content (AvgIpc) is 2.68. The number of carboxylic acids is 1. The highest BCUT2D eigenvalue weighted by Gasteiger charge is 2.27. The van der Waals surface area contributed by atoms with E-state index in [0.717, 1.165) is 0 Å². The van der Waals surface area contributed by atoms with Crippen LogP contribution in [0.5, 0.6) is 23.0 Å². The lowest BCUT2D eigenvalue weighted by atomic mass is 9.96. The van der Waals surface area contributed by atoms with Crippen molar-refractivity contribution in [1.82, 2.24) is 0 Å². The predicted molar refractivity (Wildman–Crippen MR) is 112 cm³/mol. The molecule has 0 aromatic heterocycles. The Kier molecular flexibility index (Phi) is 7.83. The molecular weight excluding hydrogens is 388 g/mol. The van der Waals surface area contributed by atoms with Gasteiger partial charge in [0.15, 0.2) is 17.8 Å². The predicted octanol–water partition coefficient (Wildman–Crippen LogP) is 5.14. The Hall–Kier alpha value is -3.06. The molecule has 1 atom stereocenters. The minimum absolute atomic E-state index is 0.0508. The Labute approximate surface area is 176 Å². The number of phenolic OH excluding ortho intramolecular Hbond substituents is 1. The minimum Gasteiger partial charge on any atom is -0.504 e. The van der Waals surface area contributed by atoms with E-state index in [1.165, 1.54) is 19.2 Å². The molecule has 0 aliphatic rings. The molecule has 2 aromatic rings. The molecule has 162 valence electrons. The summed E-state index contributed by atoms with van der Waals surface area (Å²) in [7, 11) is 1.38. The van der Waals surface area contributed by atoms with Crippen LogP contribution in [0.1, 0.15) is 65.1 Å². The van der Waals surface area contributed by atoms with E-state index in [9.17, 15) is 19.8 Å². The Balaban J connectivity index is 2.63. The number of carbonyl (C=O) groups excluding carboxylic acids is 1. The average molecular weight is 416 g/mol. The van der Waals surface area contributed by atoms with E-state index >= 15 is 0 Å². The molecule has 7 heteroatoms. The van der Waals surface area contributed by atoms with Crippen LogP contribution in [0.25, 0.3) is 0 Å². The molecule has 0 saturated carbocycles. The lowest BCUT2D eigenvalue weighted by Gasteiger charge is -2.24. The maximum atomic E-state index is 12.1. The molecule has 30 heavy (non-hydrogen) atoms. The van der Waals surface area contributed by atoms with E-state index in [-0.39, 0.29) is 40.2 Å². The van der Waals surface area contributed by atoms with Crippen molar-refractivity contribution in [2.45, 2.75) is 40.2 Å². The second kappa shape index (κ2) is 10.1. The summed E-state index contributed by atoms with van der Waals surface area (Å²) in [5.74, 6) is -1.25. The van der Waals surface area contributed by atoms with Gasteiger partial charge in [-0.2, -0.15) is 0 Å². The zero-order valence-electron chi connectivity index (χ0n) is 17.9. The fourth-order valence-electron chi connectivity index (χ4n) is 3.35. The smallest absolute Gasteiger partial charge is 0.343 e. The molecule has 0 unspecified atom stereocenters. The summed E-state index contributed by atoms with van der Waals surface area (Å²) in [6.07, 6.45) is 0.870. The van der Waals surface area contributed by atoms with Crippen molar-refractivity contribution in [3.63, 3.8) is 0 Å². The van der Waals surface area contributed by atoms with Gasteiger partial charge in [-0.25, -0.2) is 4.79 Å². The van der Waals surface area contributed by atoms with Crippen molar-refractivity contribution in [2.24, 2.45) is 5.92 Å². The van der Waals surface area contributed by atoms with Crippen molar-refractivity contribution in [2.75, 3.05) is 13.7 Å². The number of aryl methyl sites for hydroxylation is 1. The lowest BCUT2D eigenvalue weighted by molar-refractivity contribution is 0.0453. The van der Waals surface area contributed by atoms with Crippen molar-refractivity contribution in [1.29, 1.82) is 0 Å². The maximum absolute atomic E-state index is 12.1. The molecule has 0 saturated heterocycles. The Morgan fingerprint density at radius 2 is 1.90 bits per heavy atom. The third-order valence-corrected chi connectivity index (χ3v) is 4.55. The standard InChI is InChI=1S/C23H28O7/c1-6-29-19(9-13(2)3)16-7-8-18(20(23(26)27)22(16)28-5)30-21-15(12-24)10-14(4)11-17(21)25/h7-8,10-13,19,25H,6,9H2,1-5H3,(H,26,27)/t19-/m0/s1. The van der Waals surface area contributed by atoms with Gasteiger partial charge in [0.1, 0.15) is 17.1 Å². The highest BCUT2D eigenvalue weighted by molar-refractivity contribution is 5.95. The molecule has 0 spiro atoms. The molecule has 0 amide bonds. The van der Waals surface area contributed by atoms with Crippen LogP contribution in [0.3, 0.4) is 0 Å². The van der Waals surface area contributed by atoms with Crippen LogP contribution in [-0.4, -0.2) is 36.2 Å². The van der Waals surface area contributed by atoms with Crippen LogP contribution in [0.4, 0.5) is 0 Å². The number of aromatic carboxylic acids is 1. The van der Waals surface area contributed by atoms with Gasteiger partial charge in [0.2, 0.25) is 0 Å². The number of hydrogen-bond donors (Lipinski definition) is 2. The number of benzene rings is 2. The number of ether oxygens (including phenoxy) is 3. The van der Waals surface area contributed by atoms with E-state index in [4.69, 9.17) is 14.2 Å². The molecule has 2 rings (SSSR count). The first-order valence-corrected chi connectivity index (χ1v) is 9.75. The number of rotatable bonds is 10. The van der Waals surface area contributed by atoms with Crippen LogP contribution >= 0.6 is 0 Å². The second-order valence-corrected chi connectivity index (χ2v) is 7.36. The summed E-state index contributed by atoms with van der Waals surface area (Å²) in [5.41, 5.74) is 1.17. The van der Waals surface area contributed by atoms with E-state index in [1.807, 2.05) is 6.92 Å². The summed E-state index contributed by atoms with van der Waals surface area (Å²) in [6.45, 7) is 8.15. The van der Waals surface area contributed by atoms with Crippen LogP contribution in [-0.2, 0) is 4.74 Å². The number of aldehydes is 1. The van der Waals surface area contributed by atoms with Gasteiger partial charge < -0.3 is 24.4 Å². The zero-order chi connectivity index (χ0) is 22.4. The van der Waals surface area contributed by atoms with E-state index < -0.39 is 5.97 Å². The Bertz CT molecular complexity index is 918. The van der Waals surface area contributed by atoms with E-state index in [2.05, 4.69) is 13.8 Å². The molecule has 0 bridgehead atoms. The van der Waals surface area contributed by atoms with Gasteiger partial charge in [0, 0.05) is 12.2 Å². The quantitative estimate of drug-likeness (QED) is 0.517. The van der Waals surface area contributed by atoms with Crippen LogP contribution < -0.4 is 9.47 Å². The molecule has 7 nitrogen and oxygen atoms in total. The monoisotopic (exact) mass is 416 g/mol. The van der Waals surface area contributed by atoms with Gasteiger partial charge in [0.05, 0.1) is 18.8 Å². The fourth-order valence-corrected chi connectivity index (χ4v) is 3.35. The van der Waals surface area contributed by atoms with Gasteiger partial charge >= 0.3 is 5.97 Å². The summed E-state index contributed by atoms with van der Waals surface area (Å²) < 4.78 is 17.0. The molecule has 2 N–H and O–H groups in total. The van der Waals surface area contributed by atoms with Crippen molar-refractivity contribution in [3.05, 3.63) is 46.5 Å². The number of carbonyl (C=O) groups is 2. The highest BCUT2D eigenvalue weighted by atomic mass is 16.5. The number of hydrogen-bond acceptors (Lipinski definition) is 6. The zero-order valence-corrected chi connectivity index (χ0v) is 17.9. The first-order valence-electron chi connectivity index (χ1n) is 9.75. The highest BCUT2D eigenvalue weighted by Crippen LogP contribution is 2.42. The van der Waals surface area contributed by atoms with Gasteiger partial charge in [-0.1, -0.05) is 13.8 Å².